The highest BCUT2D eigenvalue weighted by Gasteiger charge is 2.13. The van der Waals surface area contributed by atoms with Gasteiger partial charge in [0.2, 0.25) is 0 Å². The number of nitrogens with zero attached hydrogens (tertiary/aromatic N) is 1. The molecule has 68 valence electrons. The van der Waals surface area contributed by atoms with Crippen molar-refractivity contribution in [3.63, 3.8) is 0 Å². The van der Waals surface area contributed by atoms with Crippen molar-refractivity contribution in [1.29, 1.82) is 5.26 Å². The van der Waals surface area contributed by atoms with E-state index in [9.17, 15) is 8.42 Å². The van der Waals surface area contributed by atoms with E-state index in [-0.39, 0.29) is 10.7 Å². The molecule has 0 aliphatic rings. The maximum atomic E-state index is 11.1. The lowest BCUT2D eigenvalue weighted by molar-refractivity contribution is 0.598. The lowest BCUT2D eigenvalue weighted by Crippen LogP contribution is -2.07. The first-order valence-electron chi connectivity index (χ1n) is 3.86. The summed E-state index contributed by atoms with van der Waals surface area (Å²) < 4.78 is 22.2. The fraction of sp³-hybridized carbons (Fsp3) is 0.625. The molecular weight excluding hydrogens is 174 g/mol. The predicted molar refractivity (Wildman–Crippen MR) is 48.1 cm³/mol. The smallest absolute Gasteiger partial charge is 0.187 e. The van der Waals surface area contributed by atoms with Crippen molar-refractivity contribution in [2.45, 2.75) is 26.2 Å². The number of rotatable bonds is 5. The van der Waals surface area contributed by atoms with Gasteiger partial charge in [-0.1, -0.05) is 26.3 Å². The summed E-state index contributed by atoms with van der Waals surface area (Å²) in [5.41, 5.74) is 0. The zero-order valence-corrected chi connectivity index (χ0v) is 8.02. The highest BCUT2D eigenvalue weighted by atomic mass is 32.2. The maximum Gasteiger partial charge on any atom is 0.187 e. The van der Waals surface area contributed by atoms with E-state index < -0.39 is 9.84 Å². The largest absolute Gasteiger partial charge is 0.223 e. The van der Waals surface area contributed by atoms with Gasteiger partial charge in [0.25, 0.3) is 0 Å². The Morgan fingerprint density at radius 3 is 2.50 bits per heavy atom. The van der Waals surface area contributed by atoms with Gasteiger partial charge in [-0.2, -0.15) is 5.26 Å². The first-order chi connectivity index (χ1) is 5.54. The van der Waals surface area contributed by atoms with Crippen LogP contribution >= 0.6 is 0 Å². The van der Waals surface area contributed by atoms with Gasteiger partial charge < -0.3 is 0 Å². The number of hydrogen-bond acceptors (Lipinski definition) is 3. The summed E-state index contributed by atoms with van der Waals surface area (Å²) in [5, 5.41) is 8.30. The SMILES string of the molecule is C=C(C#N)S(=O)(=O)CCCCC. The van der Waals surface area contributed by atoms with Crippen LogP contribution in [-0.2, 0) is 9.84 Å². The molecule has 0 spiro atoms. The van der Waals surface area contributed by atoms with Gasteiger partial charge in [-0.15, -0.1) is 0 Å². The molecule has 12 heavy (non-hydrogen) atoms. The first kappa shape index (κ1) is 11.2. The quantitative estimate of drug-likeness (QED) is 0.485. The third kappa shape index (κ3) is 3.54. The van der Waals surface area contributed by atoms with Crippen molar-refractivity contribution in [3.05, 3.63) is 11.5 Å². The van der Waals surface area contributed by atoms with E-state index in [4.69, 9.17) is 5.26 Å². The zero-order valence-electron chi connectivity index (χ0n) is 7.21. The lowest BCUT2D eigenvalue weighted by atomic mass is 10.3. The molecule has 0 radical (unpaired) electrons. The van der Waals surface area contributed by atoms with Gasteiger partial charge in [-0.3, -0.25) is 0 Å². The fourth-order valence-corrected chi connectivity index (χ4v) is 1.70. The third-order valence-corrected chi connectivity index (χ3v) is 3.18. The van der Waals surface area contributed by atoms with Crippen LogP contribution in [0.15, 0.2) is 11.5 Å². The third-order valence-electron chi connectivity index (χ3n) is 1.52. The van der Waals surface area contributed by atoms with Crippen LogP contribution in [0.4, 0.5) is 0 Å². The summed E-state index contributed by atoms with van der Waals surface area (Å²) in [7, 11) is -3.34. The predicted octanol–water partition coefficient (Wildman–Crippen LogP) is 1.63. The number of nitriles is 1. The molecule has 0 N–H and O–H groups in total. The normalized spacial score (nSPS) is 10.7. The second-order valence-corrected chi connectivity index (χ2v) is 4.69. The number of hydrogen-bond donors (Lipinski definition) is 0. The summed E-state index contributed by atoms with van der Waals surface area (Å²) in [6.45, 7) is 5.17. The summed E-state index contributed by atoms with van der Waals surface area (Å²) in [6, 6.07) is 1.55. The lowest BCUT2D eigenvalue weighted by Gasteiger charge is -1.99. The van der Waals surface area contributed by atoms with Gasteiger partial charge in [0.1, 0.15) is 11.0 Å². The van der Waals surface area contributed by atoms with Crippen LogP contribution in [0, 0.1) is 11.3 Å². The number of unbranched alkanes of at least 4 members (excludes halogenated alkanes) is 2. The molecule has 0 aliphatic heterocycles. The molecule has 0 saturated heterocycles. The summed E-state index contributed by atoms with van der Waals surface area (Å²) in [6.07, 6.45) is 2.45. The Morgan fingerprint density at radius 2 is 2.08 bits per heavy atom. The number of sulfone groups is 1. The molecule has 0 fully saturated rings. The molecule has 4 heteroatoms. The van der Waals surface area contributed by atoms with E-state index in [1.54, 1.807) is 6.07 Å². The Morgan fingerprint density at radius 1 is 1.50 bits per heavy atom. The van der Waals surface area contributed by atoms with Crippen molar-refractivity contribution in [3.8, 4) is 6.07 Å². The van der Waals surface area contributed by atoms with E-state index in [1.807, 2.05) is 6.92 Å². The highest BCUT2D eigenvalue weighted by molar-refractivity contribution is 7.95. The second kappa shape index (κ2) is 4.94. The van der Waals surface area contributed by atoms with Crippen LogP contribution in [0.2, 0.25) is 0 Å². The monoisotopic (exact) mass is 187 g/mol. The Kier molecular flexibility index (Phi) is 4.60. The Balaban J connectivity index is 4.09. The minimum atomic E-state index is -3.34. The molecule has 0 saturated carbocycles. The summed E-state index contributed by atoms with van der Waals surface area (Å²) >= 11 is 0. The van der Waals surface area contributed by atoms with Crippen LogP contribution < -0.4 is 0 Å². The van der Waals surface area contributed by atoms with Gasteiger partial charge in [0.05, 0.1) is 5.75 Å². The topological polar surface area (TPSA) is 57.9 Å². The average Bonchev–Trinajstić information content (AvgIpc) is 2.03. The second-order valence-electron chi connectivity index (χ2n) is 2.56. The van der Waals surface area contributed by atoms with E-state index in [0.717, 1.165) is 12.8 Å². The zero-order chi connectivity index (χ0) is 9.61. The van der Waals surface area contributed by atoms with Crippen molar-refractivity contribution >= 4 is 9.84 Å². The van der Waals surface area contributed by atoms with Crippen molar-refractivity contribution in [2.75, 3.05) is 5.75 Å². The van der Waals surface area contributed by atoms with E-state index in [1.165, 1.54) is 0 Å². The first-order valence-corrected chi connectivity index (χ1v) is 5.51. The Bertz CT molecular complexity index is 285. The van der Waals surface area contributed by atoms with Crippen LogP contribution in [-0.4, -0.2) is 14.2 Å². The maximum absolute atomic E-state index is 11.1. The summed E-state index contributed by atoms with van der Waals surface area (Å²) in [4.78, 5) is -0.321. The van der Waals surface area contributed by atoms with Crippen molar-refractivity contribution < 1.29 is 8.42 Å². The molecule has 0 aromatic heterocycles. The number of allylic oxidation sites excluding steroid dienone is 1. The van der Waals surface area contributed by atoms with Crippen LogP contribution in [0.25, 0.3) is 0 Å². The van der Waals surface area contributed by atoms with E-state index in [0.29, 0.717) is 6.42 Å². The summed E-state index contributed by atoms with van der Waals surface area (Å²) in [5.74, 6) is 0.0488. The van der Waals surface area contributed by atoms with Crippen molar-refractivity contribution in [1.82, 2.24) is 0 Å². The minimum Gasteiger partial charge on any atom is -0.223 e. The van der Waals surface area contributed by atoms with Gasteiger partial charge in [0, 0.05) is 0 Å². The van der Waals surface area contributed by atoms with Gasteiger partial charge in [-0.05, 0) is 6.42 Å². The molecular formula is C8H13NO2S. The highest BCUT2D eigenvalue weighted by Crippen LogP contribution is 2.07. The van der Waals surface area contributed by atoms with Crippen LogP contribution in [0.1, 0.15) is 26.2 Å². The molecule has 0 rings (SSSR count). The fourth-order valence-electron chi connectivity index (χ4n) is 0.735. The van der Waals surface area contributed by atoms with Gasteiger partial charge in [-0.25, -0.2) is 8.42 Å². The van der Waals surface area contributed by atoms with E-state index in [2.05, 4.69) is 6.58 Å². The molecule has 0 aromatic rings. The van der Waals surface area contributed by atoms with Crippen LogP contribution in [0.3, 0.4) is 0 Å². The molecule has 0 aliphatic carbocycles. The molecule has 0 atom stereocenters. The molecule has 0 unspecified atom stereocenters. The Labute approximate surface area is 73.6 Å². The van der Waals surface area contributed by atoms with Gasteiger partial charge >= 0.3 is 0 Å². The van der Waals surface area contributed by atoms with Gasteiger partial charge in [0.15, 0.2) is 9.84 Å². The average molecular weight is 187 g/mol. The molecule has 0 bridgehead atoms. The standard InChI is InChI=1S/C8H13NO2S/c1-3-4-5-6-12(10,11)8(2)7-9/h2-6H2,1H3. The Hall–Kier alpha value is -0.820. The van der Waals surface area contributed by atoms with E-state index >= 15 is 0 Å². The molecule has 0 aromatic carbocycles. The van der Waals surface area contributed by atoms with Crippen LogP contribution in [0.5, 0.6) is 0 Å². The minimum absolute atomic E-state index is 0.0488. The van der Waals surface area contributed by atoms with Crippen molar-refractivity contribution in [2.24, 2.45) is 0 Å². The molecule has 0 amide bonds. The molecule has 0 heterocycles. The molecule has 3 nitrogen and oxygen atoms in total.